The fourth-order valence-corrected chi connectivity index (χ4v) is 8.63. The molecule has 6 aromatic carbocycles. The lowest BCUT2D eigenvalue weighted by molar-refractivity contribution is -0.137. The van der Waals surface area contributed by atoms with Crippen molar-refractivity contribution in [2.24, 2.45) is 0 Å². The minimum absolute atomic E-state index is 0.0576. The minimum Gasteiger partial charge on any atom is -0.508 e. The predicted octanol–water partition coefficient (Wildman–Crippen LogP) is 8.88. The minimum atomic E-state index is -4.83. The highest BCUT2D eigenvalue weighted by Gasteiger charge is 2.35. The molecule has 0 aromatic heterocycles. The van der Waals surface area contributed by atoms with E-state index < -0.39 is 32.6 Å². The van der Waals surface area contributed by atoms with Gasteiger partial charge in [-0.3, -0.25) is 9.69 Å². The monoisotopic (exact) mass is 796 g/mol. The van der Waals surface area contributed by atoms with E-state index >= 15 is 0 Å². The van der Waals surface area contributed by atoms with E-state index in [1.165, 1.54) is 29.5 Å². The number of phenolic OH excluding ortho intramolecular Hbond substituents is 1. The van der Waals surface area contributed by atoms with Crippen molar-refractivity contribution in [1.82, 2.24) is 9.62 Å². The summed E-state index contributed by atoms with van der Waals surface area (Å²) in [5.74, 6) is -0.235. The molecule has 1 amide bonds. The number of nitrogens with zero attached hydrogens (tertiary/aromatic N) is 2. The van der Waals surface area contributed by atoms with Gasteiger partial charge in [0.05, 0.1) is 10.5 Å². The fourth-order valence-electron chi connectivity index (χ4n) is 6.84. The first kappa shape index (κ1) is 38.8. The van der Waals surface area contributed by atoms with Crippen LogP contribution in [0.5, 0.6) is 5.75 Å². The first-order chi connectivity index (χ1) is 26.9. The highest BCUT2D eigenvalue weighted by molar-refractivity contribution is 7.99. The van der Waals surface area contributed by atoms with Crippen molar-refractivity contribution in [2.45, 2.75) is 22.5 Å². The van der Waals surface area contributed by atoms with Crippen molar-refractivity contribution in [3.63, 3.8) is 0 Å². The van der Waals surface area contributed by atoms with Gasteiger partial charge in [0.15, 0.2) is 0 Å². The van der Waals surface area contributed by atoms with E-state index in [0.29, 0.717) is 11.8 Å². The fraction of sp³-hybridized carbons (Fsp3) is 0.186. The summed E-state index contributed by atoms with van der Waals surface area (Å²) in [5.41, 5.74) is 2.75. The van der Waals surface area contributed by atoms with Gasteiger partial charge >= 0.3 is 6.18 Å². The second-order valence-electron chi connectivity index (χ2n) is 13.4. The Labute approximate surface area is 328 Å². The number of piperazine rings is 1. The molecule has 8 nitrogen and oxygen atoms in total. The molecule has 288 valence electrons. The molecule has 1 aliphatic rings. The van der Waals surface area contributed by atoms with Crippen LogP contribution in [-0.4, -0.2) is 62.8 Å². The average Bonchev–Trinajstić information content (AvgIpc) is 3.20. The number of nitrogens with one attached hydrogen (secondary N) is 2. The number of rotatable bonds is 12. The van der Waals surface area contributed by atoms with E-state index in [4.69, 9.17) is 0 Å². The molecule has 6 aromatic rings. The van der Waals surface area contributed by atoms with E-state index in [9.17, 15) is 31.5 Å². The van der Waals surface area contributed by atoms with Crippen molar-refractivity contribution in [1.29, 1.82) is 0 Å². The van der Waals surface area contributed by atoms with Gasteiger partial charge in [-0.2, -0.15) is 13.2 Å². The topological polar surface area (TPSA) is 102 Å². The smallest absolute Gasteiger partial charge is 0.418 e. The highest BCUT2D eigenvalue weighted by Crippen LogP contribution is 2.37. The Hall–Kier alpha value is -5.50. The van der Waals surface area contributed by atoms with Crippen LogP contribution in [0.15, 0.2) is 143 Å². The van der Waals surface area contributed by atoms with Crippen LogP contribution in [0.25, 0.3) is 21.9 Å². The lowest BCUT2D eigenvalue weighted by Crippen LogP contribution is -2.46. The van der Waals surface area contributed by atoms with Gasteiger partial charge in [-0.05, 0) is 94.2 Å². The lowest BCUT2D eigenvalue weighted by atomic mass is 9.94. The summed E-state index contributed by atoms with van der Waals surface area (Å²) in [6.07, 6.45) is -4.83. The maximum Gasteiger partial charge on any atom is 0.418 e. The van der Waals surface area contributed by atoms with Gasteiger partial charge in [-0.25, -0.2) is 13.1 Å². The van der Waals surface area contributed by atoms with Gasteiger partial charge in [0.2, 0.25) is 0 Å². The number of hydrogen-bond acceptors (Lipinski definition) is 8. The molecule has 0 saturated carbocycles. The Morgan fingerprint density at radius 1 is 0.768 bits per heavy atom. The predicted molar refractivity (Wildman–Crippen MR) is 217 cm³/mol. The van der Waals surface area contributed by atoms with Crippen LogP contribution >= 0.6 is 11.8 Å². The molecule has 0 radical (unpaired) electrons. The quantitative estimate of drug-likeness (QED) is 0.0835. The van der Waals surface area contributed by atoms with E-state index in [1.807, 2.05) is 59.3 Å². The van der Waals surface area contributed by atoms with Crippen LogP contribution in [0.2, 0.25) is 0 Å². The van der Waals surface area contributed by atoms with Crippen molar-refractivity contribution in [3.8, 4) is 16.9 Å². The Morgan fingerprint density at radius 3 is 2.20 bits per heavy atom. The summed E-state index contributed by atoms with van der Waals surface area (Å²) in [7, 11) is -4.62. The van der Waals surface area contributed by atoms with Crippen LogP contribution in [-0.2, 0) is 22.7 Å². The molecular weight excluding hydrogens is 758 g/mol. The molecular formula is C43H39F3N4O4S2. The van der Waals surface area contributed by atoms with Crippen molar-refractivity contribution >= 4 is 49.8 Å². The van der Waals surface area contributed by atoms with Crippen molar-refractivity contribution in [2.75, 3.05) is 48.7 Å². The zero-order chi connectivity index (χ0) is 39.3. The number of fused-ring (bicyclic) bond motifs is 1. The summed E-state index contributed by atoms with van der Waals surface area (Å²) in [5, 5.41) is 15.1. The first-order valence-electron chi connectivity index (χ1n) is 18.0. The largest absolute Gasteiger partial charge is 0.508 e. The number of aromatic hydroxyl groups is 1. The highest BCUT2D eigenvalue weighted by atomic mass is 32.2. The molecule has 1 aliphatic heterocycles. The van der Waals surface area contributed by atoms with Gasteiger partial charge in [-0.1, -0.05) is 66.7 Å². The molecule has 0 atom stereocenters. The third-order valence-electron chi connectivity index (χ3n) is 9.70. The molecule has 0 spiro atoms. The number of anilines is 2. The molecule has 1 heterocycles. The summed E-state index contributed by atoms with van der Waals surface area (Å²) in [4.78, 5) is 17.9. The summed E-state index contributed by atoms with van der Waals surface area (Å²) in [6.45, 7) is 4.04. The molecule has 7 rings (SSSR count). The molecule has 1 saturated heterocycles. The number of alkyl halides is 3. The van der Waals surface area contributed by atoms with E-state index in [0.717, 1.165) is 77.3 Å². The number of amides is 1. The number of thioether (sulfide) groups is 1. The van der Waals surface area contributed by atoms with Crippen molar-refractivity contribution in [3.05, 3.63) is 150 Å². The normalized spacial score (nSPS) is 13.8. The Morgan fingerprint density at radius 2 is 1.48 bits per heavy atom. The van der Waals surface area contributed by atoms with E-state index in [2.05, 4.69) is 39.4 Å². The van der Waals surface area contributed by atoms with Gasteiger partial charge in [-0.15, -0.1) is 11.8 Å². The number of sulfonamides is 1. The Balaban J connectivity index is 0.950. The molecule has 1 fully saturated rings. The standard InChI is InChI=1S/C43H39F3N4O4S2/c44-43(45,46)40-28-36(18-20-41(40)47-21-26-55-35-9-2-1-3-10-35)56(53,54)48-42(52)30-13-16-33(17-14-30)50-24-22-49(23-25-50)29-32-15-19-38(31-7-6-8-34(51)27-31)39-12-5-4-11-37(32)39/h1-20,27-28,47,51H,21-26,29H2,(H,48,52). The van der Waals surface area contributed by atoms with Crippen molar-refractivity contribution < 1.29 is 31.5 Å². The zero-order valence-electron chi connectivity index (χ0n) is 30.2. The third kappa shape index (κ3) is 9.13. The maximum absolute atomic E-state index is 14.0. The second-order valence-corrected chi connectivity index (χ2v) is 16.3. The molecule has 0 aliphatic carbocycles. The molecule has 13 heteroatoms. The van der Waals surface area contributed by atoms with Crippen LogP contribution in [0.4, 0.5) is 24.5 Å². The van der Waals surface area contributed by atoms with Gasteiger partial charge < -0.3 is 15.3 Å². The molecule has 0 bridgehead atoms. The number of benzene rings is 6. The maximum atomic E-state index is 14.0. The SMILES string of the molecule is O=C(NS(=O)(=O)c1ccc(NCCSc2ccccc2)c(C(F)(F)F)c1)c1ccc(N2CCN(Cc3ccc(-c4cccc(O)c4)c4ccccc34)CC2)cc1. The van der Waals surface area contributed by atoms with Crippen LogP contribution in [0, 0.1) is 0 Å². The number of carbonyl (C=O) groups is 1. The number of phenols is 1. The van der Waals surface area contributed by atoms with Gasteiger partial charge in [0, 0.05) is 66.9 Å². The van der Waals surface area contributed by atoms with Crippen LogP contribution in [0.3, 0.4) is 0 Å². The third-order valence-corrected chi connectivity index (χ3v) is 12.0. The van der Waals surface area contributed by atoms with E-state index in [-0.39, 0.29) is 23.5 Å². The number of halogens is 3. The van der Waals surface area contributed by atoms with Crippen LogP contribution in [0.1, 0.15) is 21.5 Å². The van der Waals surface area contributed by atoms with Gasteiger partial charge in [0.1, 0.15) is 5.75 Å². The summed E-state index contributed by atoms with van der Waals surface area (Å²) >= 11 is 1.48. The average molecular weight is 797 g/mol. The van der Waals surface area contributed by atoms with Crippen LogP contribution < -0.4 is 14.9 Å². The first-order valence-corrected chi connectivity index (χ1v) is 20.5. The number of carbonyl (C=O) groups excluding carboxylic acids is 1. The van der Waals surface area contributed by atoms with E-state index in [1.54, 1.807) is 24.3 Å². The second kappa shape index (κ2) is 16.7. The Kier molecular flexibility index (Phi) is 11.6. The molecule has 3 N–H and O–H groups in total. The molecule has 56 heavy (non-hydrogen) atoms. The lowest BCUT2D eigenvalue weighted by Gasteiger charge is -2.36. The molecule has 0 unspecified atom stereocenters. The summed E-state index contributed by atoms with van der Waals surface area (Å²) in [6, 6.07) is 38.4. The van der Waals surface area contributed by atoms with Gasteiger partial charge in [0.25, 0.3) is 15.9 Å². The number of hydrogen-bond donors (Lipinski definition) is 3. The summed E-state index contributed by atoms with van der Waals surface area (Å²) < 4.78 is 70.2. The Bertz CT molecular complexity index is 2440. The zero-order valence-corrected chi connectivity index (χ0v) is 31.8.